The van der Waals surface area contributed by atoms with Crippen LogP contribution in [0.25, 0.3) is 11.3 Å². The third-order valence-corrected chi connectivity index (χ3v) is 6.21. The molecule has 0 radical (unpaired) electrons. The zero-order chi connectivity index (χ0) is 20.8. The first kappa shape index (κ1) is 18.7. The Balaban J connectivity index is 1.47. The van der Waals surface area contributed by atoms with Crippen molar-refractivity contribution in [2.75, 3.05) is 18.8 Å². The van der Waals surface area contributed by atoms with E-state index in [2.05, 4.69) is 20.9 Å². The Morgan fingerprint density at radius 2 is 2.00 bits per heavy atom. The highest BCUT2D eigenvalue weighted by Crippen LogP contribution is 2.36. The number of nitrogens with zero attached hydrogens (tertiary/aromatic N) is 5. The van der Waals surface area contributed by atoms with Crippen LogP contribution in [0, 0.1) is 5.92 Å². The van der Waals surface area contributed by atoms with Crippen LogP contribution in [0.3, 0.4) is 0 Å². The molecular formula is C22H24N6O2. The van der Waals surface area contributed by atoms with Crippen LogP contribution in [0.5, 0.6) is 0 Å². The number of piperidine rings is 1. The van der Waals surface area contributed by atoms with E-state index in [0.717, 1.165) is 36.3 Å². The minimum atomic E-state index is -0.000220. The van der Waals surface area contributed by atoms with E-state index >= 15 is 0 Å². The van der Waals surface area contributed by atoms with Crippen molar-refractivity contribution >= 4 is 5.82 Å². The van der Waals surface area contributed by atoms with Crippen molar-refractivity contribution in [1.29, 1.82) is 0 Å². The SMILES string of the molecule is Cn1cccc(CN2C[C@@H]3C[C@H](C2)c2cc(-c4cc(N)ncn4)cc(=O)n2C3)c1=O. The zero-order valence-corrected chi connectivity index (χ0v) is 16.9. The summed E-state index contributed by atoms with van der Waals surface area (Å²) in [4.78, 5) is 35.9. The lowest BCUT2D eigenvalue weighted by Crippen LogP contribution is -2.47. The summed E-state index contributed by atoms with van der Waals surface area (Å²) in [5, 5.41) is 0. The lowest BCUT2D eigenvalue weighted by Gasteiger charge is -2.43. The van der Waals surface area contributed by atoms with Crippen molar-refractivity contribution in [1.82, 2.24) is 24.0 Å². The number of rotatable bonds is 3. The molecule has 154 valence electrons. The number of hydrogen-bond acceptors (Lipinski definition) is 6. The number of aryl methyl sites for hydroxylation is 1. The molecule has 0 unspecified atom stereocenters. The average molecular weight is 404 g/mol. The van der Waals surface area contributed by atoms with Gasteiger partial charge in [-0.2, -0.15) is 0 Å². The maximum absolute atomic E-state index is 12.9. The second-order valence-corrected chi connectivity index (χ2v) is 8.39. The lowest BCUT2D eigenvalue weighted by molar-refractivity contribution is 0.114. The Labute approximate surface area is 173 Å². The third kappa shape index (κ3) is 3.33. The third-order valence-electron chi connectivity index (χ3n) is 6.21. The fourth-order valence-electron chi connectivity index (χ4n) is 4.88. The van der Waals surface area contributed by atoms with Gasteiger partial charge < -0.3 is 14.9 Å². The number of fused-ring (bicyclic) bond motifs is 4. The van der Waals surface area contributed by atoms with Gasteiger partial charge in [-0.3, -0.25) is 14.5 Å². The van der Waals surface area contributed by atoms with E-state index < -0.39 is 0 Å². The van der Waals surface area contributed by atoms with Crippen molar-refractivity contribution in [3.63, 3.8) is 0 Å². The molecule has 0 amide bonds. The van der Waals surface area contributed by atoms with Gasteiger partial charge in [-0.1, -0.05) is 6.07 Å². The molecule has 5 heterocycles. The van der Waals surface area contributed by atoms with Crippen molar-refractivity contribution in [3.05, 3.63) is 74.8 Å². The van der Waals surface area contributed by atoms with Gasteiger partial charge in [0, 0.05) is 74.3 Å². The molecule has 0 aromatic carbocycles. The first-order valence-electron chi connectivity index (χ1n) is 10.2. The summed E-state index contributed by atoms with van der Waals surface area (Å²) in [6.45, 7) is 3.06. The minimum Gasteiger partial charge on any atom is -0.384 e. The van der Waals surface area contributed by atoms with Crippen LogP contribution in [0.4, 0.5) is 5.82 Å². The van der Waals surface area contributed by atoms with E-state index in [0.29, 0.717) is 30.5 Å². The molecule has 2 aliphatic rings. The van der Waals surface area contributed by atoms with Gasteiger partial charge in [0.05, 0.1) is 5.69 Å². The minimum absolute atomic E-state index is 0.000220. The van der Waals surface area contributed by atoms with Crippen molar-refractivity contribution in [3.8, 4) is 11.3 Å². The van der Waals surface area contributed by atoms with Gasteiger partial charge in [0.25, 0.3) is 11.1 Å². The highest BCUT2D eigenvalue weighted by Gasteiger charge is 2.35. The quantitative estimate of drug-likeness (QED) is 0.704. The number of likely N-dealkylation sites (tertiary alicyclic amines) is 1. The molecule has 0 spiro atoms. The Kier molecular flexibility index (Phi) is 4.51. The molecule has 3 aromatic rings. The number of anilines is 1. The zero-order valence-electron chi connectivity index (χ0n) is 16.9. The lowest BCUT2D eigenvalue weighted by atomic mass is 9.82. The van der Waals surface area contributed by atoms with Crippen LogP contribution in [0.2, 0.25) is 0 Å². The maximum atomic E-state index is 12.9. The normalized spacial score (nSPS) is 20.7. The topological polar surface area (TPSA) is 99.0 Å². The molecule has 2 aliphatic heterocycles. The molecule has 2 atom stereocenters. The van der Waals surface area contributed by atoms with Gasteiger partial charge >= 0.3 is 0 Å². The van der Waals surface area contributed by atoms with E-state index in [1.807, 2.05) is 16.7 Å². The molecule has 5 rings (SSSR count). The molecule has 0 saturated carbocycles. The molecule has 1 saturated heterocycles. The summed E-state index contributed by atoms with van der Waals surface area (Å²) in [5.41, 5.74) is 9.12. The van der Waals surface area contributed by atoms with Crippen LogP contribution in [-0.2, 0) is 20.1 Å². The molecule has 3 aromatic heterocycles. The van der Waals surface area contributed by atoms with Crippen LogP contribution in [-0.4, -0.2) is 37.1 Å². The molecular weight excluding hydrogens is 380 g/mol. The Morgan fingerprint density at radius 3 is 2.83 bits per heavy atom. The second kappa shape index (κ2) is 7.21. The van der Waals surface area contributed by atoms with E-state index in [1.165, 1.54) is 6.33 Å². The predicted molar refractivity (Wildman–Crippen MR) is 114 cm³/mol. The first-order chi connectivity index (χ1) is 14.5. The van der Waals surface area contributed by atoms with Gasteiger partial charge in [0.1, 0.15) is 12.1 Å². The summed E-state index contributed by atoms with van der Waals surface area (Å²) in [5.74, 6) is 1.03. The number of nitrogens with two attached hydrogens (primary N) is 1. The Morgan fingerprint density at radius 1 is 1.13 bits per heavy atom. The van der Waals surface area contributed by atoms with Crippen molar-refractivity contribution < 1.29 is 0 Å². The van der Waals surface area contributed by atoms with Gasteiger partial charge in [-0.15, -0.1) is 0 Å². The number of hydrogen-bond donors (Lipinski definition) is 1. The van der Waals surface area contributed by atoms with E-state index in [1.54, 1.807) is 29.9 Å². The summed E-state index contributed by atoms with van der Waals surface area (Å²) in [6.07, 6.45) is 4.25. The maximum Gasteiger partial charge on any atom is 0.254 e. The largest absolute Gasteiger partial charge is 0.384 e. The molecule has 2 bridgehead atoms. The molecule has 8 nitrogen and oxygen atoms in total. The molecule has 1 fully saturated rings. The molecule has 8 heteroatoms. The van der Waals surface area contributed by atoms with Crippen LogP contribution >= 0.6 is 0 Å². The smallest absolute Gasteiger partial charge is 0.254 e. The number of aromatic nitrogens is 4. The number of pyridine rings is 2. The summed E-state index contributed by atoms with van der Waals surface area (Å²) < 4.78 is 3.53. The van der Waals surface area contributed by atoms with Crippen molar-refractivity contribution in [2.45, 2.75) is 25.4 Å². The van der Waals surface area contributed by atoms with E-state index in [9.17, 15) is 9.59 Å². The standard InChI is InChI=1S/C22H24N6O2/c1-26-4-2-3-15(22(26)30)11-27-9-14-5-17(12-27)19-6-16(7-21(29)28(19)10-14)18-8-20(23)25-13-24-18/h2-4,6-8,13-14,17H,5,9-12H2,1H3,(H2,23,24,25)/t14-,17+/m0/s1. The van der Waals surface area contributed by atoms with Crippen LogP contribution in [0.1, 0.15) is 23.6 Å². The summed E-state index contributed by atoms with van der Waals surface area (Å²) in [6, 6.07) is 9.21. The van der Waals surface area contributed by atoms with Gasteiger partial charge in [-0.25, -0.2) is 9.97 Å². The van der Waals surface area contributed by atoms with Crippen LogP contribution in [0.15, 0.2) is 52.4 Å². The average Bonchev–Trinajstić information content (AvgIpc) is 2.72. The monoisotopic (exact) mass is 404 g/mol. The highest BCUT2D eigenvalue weighted by molar-refractivity contribution is 5.61. The summed E-state index contributed by atoms with van der Waals surface area (Å²) >= 11 is 0. The summed E-state index contributed by atoms with van der Waals surface area (Å²) in [7, 11) is 1.78. The predicted octanol–water partition coefficient (Wildman–Crippen LogP) is 1.21. The molecule has 0 aliphatic carbocycles. The van der Waals surface area contributed by atoms with E-state index in [-0.39, 0.29) is 17.0 Å². The van der Waals surface area contributed by atoms with E-state index in [4.69, 9.17) is 5.73 Å². The first-order valence-corrected chi connectivity index (χ1v) is 10.2. The Bertz CT molecular complexity index is 1230. The molecule has 30 heavy (non-hydrogen) atoms. The van der Waals surface area contributed by atoms with Gasteiger partial charge in [0.15, 0.2) is 0 Å². The van der Waals surface area contributed by atoms with Gasteiger partial charge in [-0.05, 0) is 24.5 Å². The van der Waals surface area contributed by atoms with Crippen LogP contribution < -0.4 is 16.9 Å². The highest BCUT2D eigenvalue weighted by atomic mass is 16.1. The fourth-order valence-corrected chi connectivity index (χ4v) is 4.88. The second-order valence-electron chi connectivity index (χ2n) is 8.39. The van der Waals surface area contributed by atoms with Gasteiger partial charge in [0.2, 0.25) is 0 Å². The molecule has 2 N–H and O–H groups in total. The van der Waals surface area contributed by atoms with Crippen molar-refractivity contribution in [2.24, 2.45) is 13.0 Å². The fraction of sp³-hybridized carbons (Fsp3) is 0.364. The Hall–Kier alpha value is -3.26. The number of nitrogen functional groups attached to an aromatic ring is 1.